The van der Waals surface area contributed by atoms with Crippen LogP contribution in [0.2, 0.25) is 0 Å². The first kappa shape index (κ1) is 36.4. The second-order valence-corrected chi connectivity index (χ2v) is 20.1. The van der Waals surface area contributed by atoms with Crippen LogP contribution in [0.15, 0.2) is 12.2 Å². The summed E-state index contributed by atoms with van der Waals surface area (Å²) in [7, 11) is 0. The van der Waals surface area contributed by atoms with E-state index in [1.54, 1.807) is 13.8 Å². The first-order chi connectivity index (χ1) is 22.4. The molecule has 3 N–H and O–H groups in total. The standard InChI is InChI=1S/C42H70N2O4/c1-27(2)29-12-18-42(21-23-44-26-28-15-22-43-25-28)20-19-40(8)30(35(29)42)10-11-32-39(7)16-14-33(48-34(45)24-37(3,4)36(46)47)38(5,6)31(39)13-17-41(32,40)9/h28-33,35,43-44H,1,10-26H2,2-9H3,(H,46,47)/t28?,29-,30+,31-,32+,33-,35+,39-,40+,41+,42+/m0/s1. The molecule has 5 saturated carbocycles. The summed E-state index contributed by atoms with van der Waals surface area (Å²) in [6, 6.07) is 0. The lowest BCUT2D eigenvalue weighted by atomic mass is 9.32. The van der Waals surface area contributed by atoms with E-state index < -0.39 is 11.4 Å². The predicted molar refractivity (Wildman–Crippen MR) is 193 cm³/mol. The average molecular weight is 667 g/mol. The van der Waals surface area contributed by atoms with E-state index in [1.165, 1.54) is 82.9 Å². The molecule has 6 fully saturated rings. The largest absolute Gasteiger partial charge is 0.481 e. The van der Waals surface area contributed by atoms with Gasteiger partial charge in [0.1, 0.15) is 6.10 Å². The van der Waals surface area contributed by atoms with Crippen LogP contribution in [0.4, 0.5) is 0 Å². The SMILES string of the molecule is C=C(C)[C@@H]1CC[C@]2(CCNCC3CCNC3)CC[C@]3(C)[C@H](CC[C@@H]4[C@@]5(C)CC[C@H](OC(=O)CC(C)(C)C(=O)O)C(C)(C)[C@@H]5CC[C@]43C)[C@@H]12. The van der Waals surface area contributed by atoms with Gasteiger partial charge in [-0.25, -0.2) is 0 Å². The topological polar surface area (TPSA) is 87.7 Å². The summed E-state index contributed by atoms with van der Waals surface area (Å²) in [4.78, 5) is 24.8. The number of ether oxygens (including phenoxy) is 1. The third-order valence-corrected chi connectivity index (χ3v) is 17.0. The Balaban J connectivity index is 1.20. The number of carboxylic acids is 1. The molecule has 0 bridgehead atoms. The van der Waals surface area contributed by atoms with Gasteiger partial charge < -0.3 is 20.5 Å². The summed E-state index contributed by atoms with van der Waals surface area (Å²) in [5.74, 6) is 2.82. The second-order valence-electron chi connectivity index (χ2n) is 20.1. The number of nitrogens with one attached hydrogen (secondary N) is 2. The Morgan fingerprint density at radius 2 is 1.67 bits per heavy atom. The van der Waals surface area contributed by atoms with Crippen LogP contribution in [0, 0.1) is 68.0 Å². The Hall–Kier alpha value is -1.40. The van der Waals surface area contributed by atoms with E-state index in [0.717, 1.165) is 43.7 Å². The van der Waals surface area contributed by atoms with Gasteiger partial charge in [-0.05, 0) is 181 Å². The molecular weight excluding hydrogens is 596 g/mol. The average Bonchev–Trinajstić information content (AvgIpc) is 3.65. The van der Waals surface area contributed by atoms with Gasteiger partial charge in [-0.1, -0.05) is 46.8 Å². The van der Waals surface area contributed by atoms with Crippen LogP contribution in [0.3, 0.4) is 0 Å². The highest BCUT2D eigenvalue weighted by molar-refractivity contribution is 5.81. The normalized spacial score (nSPS) is 45.0. The van der Waals surface area contributed by atoms with Gasteiger partial charge >= 0.3 is 11.9 Å². The van der Waals surface area contributed by atoms with Crippen molar-refractivity contribution in [2.45, 2.75) is 145 Å². The summed E-state index contributed by atoms with van der Waals surface area (Å²) < 4.78 is 6.20. The van der Waals surface area contributed by atoms with Crippen molar-refractivity contribution in [3.63, 3.8) is 0 Å². The predicted octanol–water partition coefficient (Wildman–Crippen LogP) is 8.65. The van der Waals surface area contributed by atoms with Crippen molar-refractivity contribution in [3.05, 3.63) is 12.2 Å². The van der Waals surface area contributed by atoms with Gasteiger partial charge in [-0.2, -0.15) is 0 Å². The van der Waals surface area contributed by atoms with Crippen LogP contribution in [-0.2, 0) is 14.3 Å². The minimum absolute atomic E-state index is 0.0841. The van der Waals surface area contributed by atoms with Gasteiger partial charge in [0.15, 0.2) is 0 Å². The van der Waals surface area contributed by atoms with Crippen molar-refractivity contribution >= 4 is 11.9 Å². The van der Waals surface area contributed by atoms with Crippen molar-refractivity contribution in [2.75, 3.05) is 26.2 Å². The number of carbonyl (C=O) groups excluding carboxylic acids is 1. The fourth-order valence-electron chi connectivity index (χ4n) is 14.1. The smallest absolute Gasteiger partial charge is 0.309 e. The van der Waals surface area contributed by atoms with Crippen LogP contribution in [0.25, 0.3) is 0 Å². The van der Waals surface area contributed by atoms with E-state index in [2.05, 4.69) is 58.8 Å². The Morgan fingerprint density at radius 1 is 0.917 bits per heavy atom. The first-order valence-electron chi connectivity index (χ1n) is 19.9. The molecular formula is C42H70N2O4. The van der Waals surface area contributed by atoms with Crippen molar-refractivity contribution in [3.8, 4) is 0 Å². The summed E-state index contributed by atoms with van der Waals surface area (Å²) in [6.45, 7) is 27.6. The Morgan fingerprint density at radius 3 is 2.33 bits per heavy atom. The lowest BCUT2D eigenvalue weighted by Gasteiger charge is -2.73. The first-order valence-corrected chi connectivity index (χ1v) is 19.9. The van der Waals surface area contributed by atoms with E-state index in [1.807, 2.05) is 0 Å². The number of fused-ring (bicyclic) bond motifs is 7. The number of rotatable bonds is 10. The van der Waals surface area contributed by atoms with Gasteiger partial charge in [0.2, 0.25) is 0 Å². The molecule has 1 unspecified atom stereocenters. The zero-order valence-corrected chi connectivity index (χ0v) is 31.9. The molecule has 0 spiro atoms. The molecule has 6 heteroatoms. The minimum Gasteiger partial charge on any atom is -0.481 e. The number of carboxylic acid groups (broad SMARTS) is 1. The third kappa shape index (κ3) is 5.73. The number of hydrogen-bond donors (Lipinski definition) is 3. The molecule has 6 aliphatic rings. The number of allylic oxidation sites excluding steroid dienone is 1. The van der Waals surface area contributed by atoms with E-state index in [0.29, 0.717) is 34.0 Å². The molecule has 48 heavy (non-hydrogen) atoms. The number of hydrogen-bond acceptors (Lipinski definition) is 5. The highest BCUT2D eigenvalue weighted by Crippen LogP contribution is 2.78. The molecule has 0 aromatic carbocycles. The van der Waals surface area contributed by atoms with Gasteiger partial charge in [-0.15, -0.1) is 0 Å². The second kappa shape index (κ2) is 12.7. The van der Waals surface area contributed by atoms with Gasteiger partial charge in [0.25, 0.3) is 0 Å². The lowest BCUT2D eigenvalue weighted by Crippen LogP contribution is -2.66. The highest BCUT2D eigenvalue weighted by Gasteiger charge is 2.71. The van der Waals surface area contributed by atoms with Crippen LogP contribution >= 0.6 is 0 Å². The quantitative estimate of drug-likeness (QED) is 0.123. The Bertz CT molecular complexity index is 1250. The minimum atomic E-state index is -1.12. The molecule has 0 aromatic heterocycles. The fourth-order valence-corrected chi connectivity index (χ4v) is 14.1. The highest BCUT2D eigenvalue weighted by atomic mass is 16.5. The molecule has 1 saturated heterocycles. The van der Waals surface area contributed by atoms with Crippen molar-refractivity contribution in [1.29, 1.82) is 0 Å². The van der Waals surface area contributed by atoms with E-state index in [4.69, 9.17) is 4.74 Å². The van der Waals surface area contributed by atoms with Crippen molar-refractivity contribution in [1.82, 2.24) is 10.6 Å². The van der Waals surface area contributed by atoms with Crippen LogP contribution < -0.4 is 10.6 Å². The zero-order chi connectivity index (χ0) is 34.9. The Kier molecular flexibility index (Phi) is 9.61. The molecule has 5 aliphatic carbocycles. The number of aliphatic carboxylic acids is 1. The monoisotopic (exact) mass is 667 g/mol. The lowest BCUT2D eigenvalue weighted by molar-refractivity contribution is -0.250. The van der Waals surface area contributed by atoms with E-state index in [9.17, 15) is 14.7 Å². The summed E-state index contributed by atoms with van der Waals surface area (Å²) >= 11 is 0. The summed E-state index contributed by atoms with van der Waals surface area (Å²) in [5, 5.41) is 17.0. The zero-order valence-electron chi connectivity index (χ0n) is 31.9. The molecule has 1 aliphatic heterocycles. The van der Waals surface area contributed by atoms with E-state index in [-0.39, 0.29) is 29.3 Å². The van der Waals surface area contributed by atoms with Crippen LogP contribution in [-0.4, -0.2) is 49.3 Å². The van der Waals surface area contributed by atoms with Crippen molar-refractivity contribution < 1.29 is 19.4 Å². The van der Waals surface area contributed by atoms with Crippen LogP contribution in [0.1, 0.15) is 139 Å². The van der Waals surface area contributed by atoms with E-state index >= 15 is 0 Å². The molecule has 1 heterocycles. The molecule has 0 amide bonds. The maximum Gasteiger partial charge on any atom is 0.309 e. The van der Waals surface area contributed by atoms with Gasteiger partial charge in [0.05, 0.1) is 11.8 Å². The maximum absolute atomic E-state index is 13.1. The van der Waals surface area contributed by atoms with Gasteiger partial charge in [-0.3, -0.25) is 9.59 Å². The molecule has 272 valence electrons. The third-order valence-electron chi connectivity index (χ3n) is 17.0. The molecule has 6 nitrogen and oxygen atoms in total. The maximum atomic E-state index is 13.1. The molecule has 0 radical (unpaired) electrons. The van der Waals surface area contributed by atoms with Crippen LogP contribution in [0.5, 0.6) is 0 Å². The molecule has 0 aromatic rings. The number of carbonyl (C=O) groups is 2. The van der Waals surface area contributed by atoms with Crippen molar-refractivity contribution in [2.24, 2.45) is 68.0 Å². The molecule has 11 atom stereocenters. The summed E-state index contributed by atoms with van der Waals surface area (Å²) in [5.41, 5.74) is 1.47. The fraction of sp³-hybridized carbons (Fsp3) is 0.905. The Labute approximate surface area is 292 Å². The van der Waals surface area contributed by atoms with Gasteiger partial charge in [0, 0.05) is 5.41 Å². The molecule has 6 rings (SSSR count). The summed E-state index contributed by atoms with van der Waals surface area (Å²) in [6.07, 6.45) is 14.9. The number of esters is 1.